The molecule has 0 bridgehead atoms. The summed E-state index contributed by atoms with van der Waals surface area (Å²) < 4.78 is 0. The number of H-pyrrole nitrogens is 1. The second-order valence-corrected chi connectivity index (χ2v) is 5.21. The number of nitrogens with one attached hydrogen (secondary N) is 1. The van der Waals surface area contributed by atoms with Crippen molar-refractivity contribution in [2.24, 2.45) is 0 Å². The summed E-state index contributed by atoms with van der Waals surface area (Å²) in [6.07, 6.45) is 0. The maximum atomic E-state index is 12.2. The van der Waals surface area contributed by atoms with Gasteiger partial charge in [0.25, 0.3) is 5.56 Å². The van der Waals surface area contributed by atoms with Crippen molar-refractivity contribution < 1.29 is 0 Å². The van der Waals surface area contributed by atoms with Crippen LogP contribution < -0.4 is 5.56 Å². The fraction of sp³-hybridized carbons (Fsp3) is 0. The Morgan fingerprint density at radius 1 is 0.696 bits per heavy atom. The molecule has 0 aliphatic rings. The van der Waals surface area contributed by atoms with Crippen molar-refractivity contribution in [3.8, 4) is 22.8 Å². The van der Waals surface area contributed by atoms with Crippen LogP contribution in [0.3, 0.4) is 0 Å². The highest BCUT2D eigenvalue weighted by atomic mass is 16.1. The minimum absolute atomic E-state index is 0.155. The molecule has 2 aromatic heterocycles. The van der Waals surface area contributed by atoms with Crippen LogP contribution in [-0.2, 0) is 0 Å². The molecule has 2 aromatic carbocycles. The predicted octanol–water partition coefficient (Wildman–Crippen LogP) is 3.65. The Labute approximate surface area is 132 Å². The molecule has 0 spiro atoms. The standard InChI is InChI=1S/C19H13N3O/c23-19-14-9-4-5-10-16(14)21-18(22-19)17-12-6-11-15(20-17)13-7-2-1-3-8-13/h1-12H,(H,21,22,23). The van der Waals surface area contributed by atoms with Crippen molar-refractivity contribution in [2.75, 3.05) is 0 Å². The van der Waals surface area contributed by atoms with Crippen molar-refractivity contribution >= 4 is 10.9 Å². The number of para-hydroxylation sites is 1. The highest BCUT2D eigenvalue weighted by molar-refractivity contribution is 5.79. The summed E-state index contributed by atoms with van der Waals surface area (Å²) in [6, 6.07) is 22.9. The molecule has 0 fully saturated rings. The lowest BCUT2D eigenvalue weighted by Crippen LogP contribution is -2.09. The minimum atomic E-state index is -0.155. The minimum Gasteiger partial charge on any atom is -0.305 e. The van der Waals surface area contributed by atoms with E-state index in [2.05, 4.69) is 15.0 Å². The lowest BCUT2D eigenvalue weighted by Gasteiger charge is -2.05. The monoisotopic (exact) mass is 299 g/mol. The summed E-state index contributed by atoms with van der Waals surface area (Å²) >= 11 is 0. The quantitative estimate of drug-likeness (QED) is 0.614. The van der Waals surface area contributed by atoms with E-state index in [-0.39, 0.29) is 5.56 Å². The van der Waals surface area contributed by atoms with Crippen molar-refractivity contribution in [1.29, 1.82) is 0 Å². The molecule has 2 heterocycles. The van der Waals surface area contributed by atoms with E-state index in [0.29, 0.717) is 22.4 Å². The van der Waals surface area contributed by atoms with E-state index in [1.165, 1.54) is 0 Å². The molecule has 4 heteroatoms. The first-order valence-corrected chi connectivity index (χ1v) is 7.33. The van der Waals surface area contributed by atoms with Gasteiger partial charge in [-0.05, 0) is 24.3 Å². The molecule has 110 valence electrons. The van der Waals surface area contributed by atoms with E-state index in [9.17, 15) is 4.79 Å². The van der Waals surface area contributed by atoms with E-state index < -0.39 is 0 Å². The smallest absolute Gasteiger partial charge is 0.259 e. The van der Waals surface area contributed by atoms with Crippen LogP contribution in [-0.4, -0.2) is 15.0 Å². The summed E-state index contributed by atoms with van der Waals surface area (Å²) in [5, 5.41) is 0.579. The van der Waals surface area contributed by atoms with Crippen LogP contribution in [0.25, 0.3) is 33.7 Å². The Morgan fingerprint density at radius 2 is 1.43 bits per heavy atom. The summed E-state index contributed by atoms with van der Waals surface area (Å²) in [6.45, 7) is 0. The van der Waals surface area contributed by atoms with Crippen molar-refractivity contribution in [3.63, 3.8) is 0 Å². The van der Waals surface area contributed by atoms with Gasteiger partial charge in [0.1, 0.15) is 5.69 Å². The summed E-state index contributed by atoms with van der Waals surface area (Å²) in [7, 11) is 0. The molecule has 0 radical (unpaired) electrons. The Hall–Kier alpha value is -3.27. The maximum Gasteiger partial charge on any atom is 0.259 e. The summed E-state index contributed by atoms with van der Waals surface area (Å²) in [5.74, 6) is 0.478. The van der Waals surface area contributed by atoms with Crippen molar-refractivity contribution in [1.82, 2.24) is 15.0 Å². The lowest BCUT2D eigenvalue weighted by atomic mass is 10.1. The molecule has 0 saturated carbocycles. The first-order chi connectivity index (χ1) is 11.3. The molecule has 0 saturated heterocycles. The Kier molecular flexibility index (Phi) is 3.20. The number of aromatic nitrogens is 3. The second kappa shape index (κ2) is 5.50. The van der Waals surface area contributed by atoms with Gasteiger partial charge in [-0.25, -0.2) is 9.97 Å². The first-order valence-electron chi connectivity index (χ1n) is 7.33. The van der Waals surface area contributed by atoms with Gasteiger partial charge in [0, 0.05) is 5.56 Å². The zero-order chi connectivity index (χ0) is 15.6. The molecule has 4 nitrogen and oxygen atoms in total. The number of hydrogen-bond donors (Lipinski definition) is 1. The average molecular weight is 299 g/mol. The number of pyridine rings is 1. The van der Waals surface area contributed by atoms with E-state index in [4.69, 9.17) is 0 Å². The molecule has 23 heavy (non-hydrogen) atoms. The zero-order valence-corrected chi connectivity index (χ0v) is 12.2. The molecular formula is C19H13N3O. The van der Waals surface area contributed by atoms with Gasteiger partial charge in [0.05, 0.1) is 16.6 Å². The SMILES string of the molecule is O=c1[nH]c(-c2cccc(-c3ccccc3)n2)nc2ccccc12. The van der Waals surface area contributed by atoms with Crippen LogP contribution >= 0.6 is 0 Å². The van der Waals surface area contributed by atoms with Gasteiger partial charge in [0.2, 0.25) is 0 Å². The third-order valence-electron chi connectivity index (χ3n) is 3.67. The fourth-order valence-corrected chi connectivity index (χ4v) is 2.54. The van der Waals surface area contributed by atoms with E-state index >= 15 is 0 Å². The molecule has 1 N–H and O–H groups in total. The molecule has 0 aliphatic heterocycles. The number of hydrogen-bond acceptors (Lipinski definition) is 3. The predicted molar refractivity (Wildman–Crippen MR) is 91.0 cm³/mol. The Morgan fingerprint density at radius 3 is 2.30 bits per heavy atom. The molecule has 0 atom stereocenters. The number of fused-ring (bicyclic) bond motifs is 1. The number of nitrogens with zero attached hydrogens (tertiary/aromatic N) is 2. The highest BCUT2D eigenvalue weighted by Gasteiger charge is 2.08. The van der Waals surface area contributed by atoms with Crippen LogP contribution in [0.15, 0.2) is 77.6 Å². The van der Waals surface area contributed by atoms with Crippen LogP contribution in [0.2, 0.25) is 0 Å². The maximum absolute atomic E-state index is 12.2. The zero-order valence-electron chi connectivity index (χ0n) is 12.2. The topological polar surface area (TPSA) is 58.6 Å². The van der Waals surface area contributed by atoms with Crippen molar-refractivity contribution in [3.05, 3.63) is 83.2 Å². The normalized spacial score (nSPS) is 10.8. The molecular weight excluding hydrogens is 286 g/mol. The summed E-state index contributed by atoms with van der Waals surface area (Å²) in [5.41, 5.74) is 3.03. The van der Waals surface area contributed by atoms with Gasteiger partial charge in [0.15, 0.2) is 5.82 Å². The molecule has 0 unspecified atom stereocenters. The Bertz CT molecular complexity index is 1040. The average Bonchev–Trinajstić information content (AvgIpc) is 2.62. The molecule has 0 aliphatic carbocycles. The van der Waals surface area contributed by atoms with Gasteiger partial charge in [-0.3, -0.25) is 4.79 Å². The van der Waals surface area contributed by atoms with Crippen LogP contribution in [0, 0.1) is 0 Å². The molecule has 4 rings (SSSR count). The number of rotatable bonds is 2. The third kappa shape index (κ3) is 2.51. The van der Waals surface area contributed by atoms with Crippen molar-refractivity contribution in [2.45, 2.75) is 0 Å². The van der Waals surface area contributed by atoms with Crippen LogP contribution in [0.1, 0.15) is 0 Å². The lowest BCUT2D eigenvalue weighted by molar-refractivity contribution is 1.14. The third-order valence-corrected chi connectivity index (χ3v) is 3.67. The van der Waals surface area contributed by atoms with Crippen LogP contribution in [0.5, 0.6) is 0 Å². The van der Waals surface area contributed by atoms with Gasteiger partial charge in [-0.15, -0.1) is 0 Å². The van der Waals surface area contributed by atoms with E-state index in [1.54, 1.807) is 6.07 Å². The number of benzene rings is 2. The second-order valence-electron chi connectivity index (χ2n) is 5.21. The first kappa shape index (κ1) is 13.4. The fourth-order valence-electron chi connectivity index (χ4n) is 2.54. The molecule has 4 aromatic rings. The van der Waals surface area contributed by atoms with Gasteiger partial charge in [-0.2, -0.15) is 0 Å². The van der Waals surface area contributed by atoms with E-state index in [0.717, 1.165) is 11.3 Å². The highest BCUT2D eigenvalue weighted by Crippen LogP contribution is 2.20. The largest absolute Gasteiger partial charge is 0.305 e. The van der Waals surface area contributed by atoms with Gasteiger partial charge >= 0.3 is 0 Å². The van der Waals surface area contributed by atoms with Gasteiger partial charge in [-0.1, -0.05) is 48.5 Å². The molecule has 0 amide bonds. The summed E-state index contributed by atoms with van der Waals surface area (Å²) in [4.78, 5) is 24.2. The van der Waals surface area contributed by atoms with E-state index in [1.807, 2.05) is 66.7 Å². The Balaban J connectivity index is 1.87. The van der Waals surface area contributed by atoms with Gasteiger partial charge < -0.3 is 4.98 Å². The van der Waals surface area contributed by atoms with Crippen LogP contribution in [0.4, 0.5) is 0 Å². The number of aromatic amines is 1.